The van der Waals surface area contributed by atoms with Crippen molar-refractivity contribution in [3.05, 3.63) is 32.8 Å². The van der Waals surface area contributed by atoms with E-state index in [1.54, 1.807) is 0 Å². The van der Waals surface area contributed by atoms with E-state index >= 15 is 0 Å². The molecule has 0 amide bonds. The van der Waals surface area contributed by atoms with E-state index in [0.29, 0.717) is 10.7 Å². The Labute approximate surface area is 109 Å². The summed E-state index contributed by atoms with van der Waals surface area (Å²) in [5, 5.41) is 11.2. The molecule has 1 aromatic rings. The summed E-state index contributed by atoms with van der Waals surface area (Å²) in [6.45, 7) is 3.06. The van der Waals surface area contributed by atoms with Crippen LogP contribution >= 0.6 is 11.6 Å². The molecule has 1 aliphatic heterocycles. The molecule has 1 saturated heterocycles. The summed E-state index contributed by atoms with van der Waals surface area (Å²) in [6.07, 6.45) is 2.14. The van der Waals surface area contributed by atoms with Crippen LogP contribution in [0.25, 0.3) is 0 Å². The van der Waals surface area contributed by atoms with Crippen molar-refractivity contribution in [2.75, 3.05) is 18.0 Å². The van der Waals surface area contributed by atoms with Gasteiger partial charge in [0.2, 0.25) is 0 Å². The Bertz CT molecular complexity index is 510. The number of benzene rings is 1. The molecule has 0 saturated carbocycles. The minimum atomic E-state index is -0.573. The Kier molecular flexibility index (Phi) is 3.52. The second-order valence-electron chi connectivity index (χ2n) is 4.33. The summed E-state index contributed by atoms with van der Waals surface area (Å²) in [4.78, 5) is 23.9. The molecule has 1 fully saturated rings. The third-order valence-electron chi connectivity index (χ3n) is 3.09. The SMILES string of the molecule is CC(=O)c1cc(N2CCCC2)c(Cl)cc1[N+](=O)[O-]. The standard InChI is InChI=1S/C12H13ClN2O3/c1-8(16)9-6-12(14-4-2-3-5-14)10(13)7-11(9)15(17)18/h6-7H,2-5H2,1H3. The predicted octanol–water partition coefficient (Wildman–Crippen LogP) is 3.05. The van der Waals surface area contributed by atoms with Gasteiger partial charge in [-0.05, 0) is 25.8 Å². The smallest absolute Gasteiger partial charge is 0.281 e. The van der Waals surface area contributed by atoms with Crippen molar-refractivity contribution in [2.45, 2.75) is 19.8 Å². The number of nitro benzene ring substituents is 1. The van der Waals surface area contributed by atoms with Gasteiger partial charge < -0.3 is 4.90 Å². The Morgan fingerprint density at radius 1 is 1.39 bits per heavy atom. The maximum atomic E-state index is 11.5. The maximum Gasteiger partial charge on any atom is 0.281 e. The van der Waals surface area contributed by atoms with Crippen LogP contribution in [0.4, 0.5) is 11.4 Å². The van der Waals surface area contributed by atoms with Crippen LogP contribution in [-0.2, 0) is 0 Å². The van der Waals surface area contributed by atoms with E-state index in [1.807, 2.05) is 0 Å². The topological polar surface area (TPSA) is 63.5 Å². The molecule has 1 heterocycles. The monoisotopic (exact) mass is 268 g/mol. The lowest BCUT2D eigenvalue weighted by molar-refractivity contribution is -0.385. The highest BCUT2D eigenvalue weighted by Gasteiger charge is 2.23. The number of rotatable bonds is 3. The fraction of sp³-hybridized carbons (Fsp3) is 0.417. The minimum absolute atomic E-state index is 0.117. The summed E-state index contributed by atoms with van der Waals surface area (Å²) < 4.78 is 0. The van der Waals surface area contributed by atoms with Gasteiger partial charge in [0, 0.05) is 19.2 Å². The Hall–Kier alpha value is -1.62. The summed E-state index contributed by atoms with van der Waals surface area (Å²) in [5.41, 5.74) is 0.603. The normalized spacial score (nSPS) is 14.9. The van der Waals surface area contributed by atoms with Gasteiger partial charge in [0.05, 0.1) is 21.2 Å². The Balaban J connectivity index is 2.52. The van der Waals surface area contributed by atoms with Crippen LogP contribution in [0.2, 0.25) is 5.02 Å². The zero-order valence-electron chi connectivity index (χ0n) is 9.98. The summed E-state index contributed by atoms with van der Waals surface area (Å²) in [7, 11) is 0. The third kappa shape index (κ3) is 2.31. The minimum Gasteiger partial charge on any atom is -0.370 e. The molecule has 96 valence electrons. The third-order valence-corrected chi connectivity index (χ3v) is 3.39. The van der Waals surface area contributed by atoms with Gasteiger partial charge in [-0.15, -0.1) is 0 Å². The van der Waals surface area contributed by atoms with Crippen LogP contribution in [0.5, 0.6) is 0 Å². The maximum absolute atomic E-state index is 11.5. The zero-order chi connectivity index (χ0) is 13.3. The summed E-state index contributed by atoms with van der Waals surface area (Å²) >= 11 is 6.07. The van der Waals surface area contributed by atoms with Crippen molar-refractivity contribution in [1.29, 1.82) is 0 Å². The Morgan fingerprint density at radius 3 is 2.50 bits per heavy atom. The predicted molar refractivity (Wildman–Crippen MR) is 69.6 cm³/mol. The Morgan fingerprint density at radius 2 is 2.00 bits per heavy atom. The molecule has 2 rings (SSSR count). The molecule has 0 aliphatic carbocycles. The molecule has 1 aliphatic rings. The van der Waals surface area contributed by atoms with Crippen LogP contribution in [0.1, 0.15) is 30.1 Å². The average molecular weight is 269 g/mol. The van der Waals surface area contributed by atoms with Crippen molar-refractivity contribution in [1.82, 2.24) is 0 Å². The van der Waals surface area contributed by atoms with Gasteiger partial charge in [-0.3, -0.25) is 14.9 Å². The lowest BCUT2D eigenvalue weighted by Crippen LogP contribution is -2.18. The van der Waals surface area contributed by atoms with Crippen LogP contribution < -0.4 is 4.90 Å². The van der Waals surface area contributed by atoms with E-state index < -0.39 is 4.92 Å². The molecule has 0 spiro atoms. The average Bonchev–Trinajstić information content (AvgIpc) is 2.81. The van der Waals surface area contributed by atoms with Gasteiger partial charge in [0.1, 0.15) is 0 Å². The molecule has 0 radical (unpaired) electrons. The van der Waals surface area contributed by atoms with Gasteiger partial charge in [0.25, 0.3) is 5.69 Å². The van der Waals surface area contributed by atoms with E-state index in [-0.39, 0.29) is 17.0 Å². The highest BCUT2D eigenvalue weighted by Crippen LogP contribution is 2.35. The molecule has 0 N–H and O–H groups in total. The largest absolute Gasteiger partial charge is 0.370 e. The highest BCUT2D eigenvalue weighted by atomic mass is 35.5. The van der Waals surface area contributed by atoms with Crippen molar-refractivity contribution in [2.24, 2.45) is 0 Å². The lowest BCUT2D eigenvalue weighted by atomic mass is 10.1. The first-order chi connectivity index (χ1) is 8.50. The number of hydrogen-bond acceptors (Lipinski definition) is 4. The van der Waals surface area contributed by atoms with E-state index in [0.717, 1.165) is 25.9 Å². The number of hydrogen-bond donors (Lipinski definition) is 0. The summed E-state index contributed by atoms with van der Waals surface area (Å²) in [6, 6.07) is 2.81. The molecule has 0 unspecified atom stereocenters. The van der Waals surface area contributed by atoms with E-state index in [9.17, 15) is 14.9 Å². The molecule has 0 bridgehead atoms. The van der Waals surface area contributed by atoms with Gasteiger partial charge in [-0.2, -0.15) is 0 Å². The first-order valence-electron chi connectivity index (χ1n) is 5.74. The number of nitrogens with zero attached hydrogens (tertiary/aromatic N) is 2. The fourth-order valence-corrected chi connectivity index (χ4v) is 2.46. The zero-order valence-corrected chi connectivity index (χ0v) is 10.7. The second-order valence-corrected chi connectivity index (χ2v) is 4.74. The van der Waals surface area contributed by atoms with Crippen LogP contribution in [0.15, 0.2) is 12.1 Å². The number of Topliss-reactive ketones (excluding diaryl/α,β-unsaturated/α-hetero) is 1. The van der Waals surface area contributed by atoms with Gasteiger partial charge in [-0.25, -0.2) is 0 Å². The molecule has 1 aromatic carbocycles. The van der Waals surface area contributed by atoms with E-state index in [4.69, 9.17) is 11.6 Å². The van der Waals surface area contributed by atoms with Gasteiger partial charge >= 0.3 is 0 Å². The first kappa shape index (κ1) is 12.8. The van der Waals surface area contributed by atoms with Gasteiger partial charge in [-0.1, -0.05) is 11.6 Å². The lowest BCUT2D eigenvalue weighted by Gasteiger charge is -2.19. The first-order valence-corrected chi connectivity index (χ1v) is 6.12. The second kappa shape index (κ2) is 4.94. The number of carbonyl (C=O) groups is 1. The molecular formula is C12H13ClN2O3. The van der Waals surface area contributed by atoms with E-state index in [1.165, 1.54) is 19.1 Å². The van der Waals surface area contributed by atoms with Crippen LogP contribution in [0, 0.1) is 10.1 Å². The fourth-order valence-electron chi connectivity index (χ4n) is 2.18. The number of ketones is 1. The molecule has 18 heavy (non-hydrogen) atoms. The van der Waals surface area contributed by atoms with E-state index in [2.05, 4.69) is 4.90 Å². The molecule has 5 nitrogen and oxygen atoms in total. The number of carbonyl (C=O) groups excluding carboxylic acids is 1. The molecule has 6 heteroatoms. The van der Waals surface area contributed by atoms with Gasteiger partial charge in [0.15, 0.2) is 5.78 Å². The molecule has 0 aromatic heterocycles. The van der Waals surface area contributed by atoms with Crippen molar-refractivity contribution >= 4 is 28.8 Å². The van der Waals surface area contributed by atoms with Crippen molar-refractivity contribution < 1.29 is 9.72 Å². The number of nitro groups is 1. The van der Waals surface area contributed by atoms with Crippen LogP contribution in [0.3, 0.4) is 0 Å². The summed E-state index contributed by atoms with van der Waals surface area (Å²) in [5.74, 6) is -0.321. The highest BCUT2D eigenvalue weighted by molar-refractivity contribution is 6.33. The number of anilines is 1. The van der Waals surface area contributed by atoms with Crippen molar-refractivity contribution in [3.63, 3.8) is 0 Å². The molecule has 0 atom stereocenters. The quantitative estimate of drug-likeness (QED) is 0.480. The molecular weight excluding hydrogens is 256 g/mol. The van der Waals surface area contributed by atoms with Crippen LogP contribution in [-0.4, -0.2) is 23.8 Å². The number of halogens is 1. The van der Waals surface area contributed by atoms with Crippen molar-refractivity contribution in [3.8, 4) is 0 Å².